The van der Waals surface area contributed by atoms with Crippen LogP contribution in [0.5, 0.6) is 5.75 Å². The van der Waals surface area contributed by atoms with Gasteiger partial charge in [-0.2, -0.15) is 5.10 Å². The lowest BCUT2D eigenvalue weighted by atomic mass is 10.1. The molecule has 0 radical (unpaired) electrons. The number of carboxylic acid groups (broad SMARTS) is 1. The summed E-state index contributed by atoms with van der Waals surface area (Å²) in [6.07, 6.45) is 1.40. The molecule has 0 aliphatic rings. The fourth-order valence-electron chi connectivity index (χ4n) is 2.19. The number of benzene rings is 2. The van der Waals surface area contributed by atoms with E-state index in [2.05, 4.69) is 20.5 Å². The monoisotopic (exact) mass is 322 g/mol. The van der Waals surface area contributed by atoms with Crippen molar-refractivity contribution in [2.45, 2.75) is 0 Å². The van der Waals surface area contributed by atoms with Crippen LogP contribution in [0.25, 0.3) is 10.9 Å². The fourth-order valence-corrected chi connectivity index (χ4v) is 2.19. The average Bonchev–Trinajstić information content (AvgIpc) is 2.62. The summed E-state index contributed by atoms with van der Waals surface area (Å²) in [4.78, 5) is 19.8. The number of hydrazone groups is 1. The van der Waals surface area contributed by atoms with Crippen molar-refractivity contribution >= 4 is 28.4 Å². The summed E-state index contributed by atoms with van der Waals surface area (Å²) >= 11 is 0. The zero-order chi connectivity index (χ0) is 16.9. The number of methoxy groups -OCH3 is 1. The van der Waals surface area contributed by atoms with E-state index in [1.54, 1.807) is 31.4 Å². The van der Waals surface area contributed by atoms with Crippen molar-refractivity contribution in [1.82, 2.24) is 9.97 Å². The lowest BCUT2D eigenvalue weighted by Gasteiger charge is -2.06. The maximum Gasteiger partial charge on any atom is 0.356 e. The summed E-state index contributed by atoms with van der Waals surface area (Å²) in [6, 6.07) is 14.0. The molecule has 0 spiro atoms. The van der Waals surface area contributed by atoms with Crippen molar-refractivity contribution in [3.05, 3.63) is 60.4 Å². The third kappa shape index (κ3) is 3.14. The second kappa shape index (κ2) is 6.74. The van der Waals surface area contributed by atoms with Crippen LogP contribution in [0.2, 0.25) is 0 Å². The summed E-state index contributed by atoms with van der Waals surface area (Å²) in [5.41, 5.74) is 3.79. The molecular weight excluding hydrogens is 308 g/mol. The second-order valence-electron chi connectivity index (χ2n) is 4.85. The van der Waals surface area contributed by atoms with E-state index in [0.717, 1.165) is 10.9 Å². The second-order valence-corrected chi connectivity index (χ2v) is 4.85. The van der Waals surface area contributed by atoms with E-state index in [0.29, 0.717) is 17.1 Å². The predicted octanol–water partition coefficient (Wildman–Crippen LogP) is 2.54. The van der Waals surface area contributed by atoms with Crippen LogP contribution in [0.4, 0.5) is 5.82 Å². The molecule has 0 amide bonds. The highest BCUT2D eigenvalue weighted by Gasteiger charge is 2.13. The van der Waals surface area contributed by atoms with Crippen LogP contribution in [-0.4, -0.2) is 33.9 Å². The minimum Gasteiger partial charge on any atom is -0.497 e. The van der Waals surface area contributed by atoms with Gasteiger partial charge in [-0.1, -0.05) is 12.1 Å². The quantitative estimate of drug-likeness (QED) is 0.553. The van der Waals surface area contributed by atoms with Gasteiger partial charge in [-0.15, -0.1) is 0 Å². The predicted molar refractivity (Wildman–Crippen MR) is 90.3 cm³/mol. The molecule has 0 unspecified atom stereocenters. The van der Waals surface area contributed by atoms with Crippen molar-refractivity contribution in [1.29, 1.82) is 0 Å². The molecule has 0 aliphatic carbocycles. The van der Waals surface area contributed by atoms with E-state index in [1.165, 1.54) is 6.33 Å². The van der Waals surface area contributed by atoms with E-state index in [4.69, 9.17) is 4.74 Å². The molecule has 7 nitrogen and oxygen atoms in total. The lowest BCUT2D eigenvalue weighted by molar-refractivity contribution is -0.129. The molecular formula is C17H14N4O3. The summed E-state index contributed by atoms with van der Waals surface area (Å²) in [5.74, 6) is -0.0721. The van der Waals surface area contributed by atoms with Gasteiger partial charge in [-0.05, 0) is 36.4 Å². The molecule has 3 aromatic rings. The molecule has 0 bridgehead atoms. The van der Waals surface area contributed by atoms with E-state index < -0.39 is 5.97 Å². The number of hydrogen-bond donors (Lipinski definition) is 2. The van der Waals surface area contributed by atoms with Gasteiger partial charge in [0.15, 0.2) is 11.5 Å². The maximum absolute atomic E-state index is 11.5. The number of nitrogens with zero attached hydrogens (tertiary/aromatic N) is 3. The number of fused-ring (bicyclic) bond motifs is 1. The lowest BCUT2D eigenvalue weighted by Crippen LogP contribution is -2.16. The number of hydrogen-bond acceptors (Lipinski definition) is 6. The summed E-state index contributed by atoms with van der Waals surface area (Å²) < 4.78 is 5.07. The van der Waals surface area contributed by atoms with Gasteiger partial charge in [0.1, 0.15) is 12.1 Å². The molecule has 24 heavy (non-hydrogen) atoms. The van der Waals surface area contributed by atoms with E-state index in [-0.39, 0.29) is 5.71 Å². The highest BCUT2D eigenvalue weighted by molar-refractivity contribution is 6.42. The molecule has 0 saturated carbocycles. The molecule has 0 saturated heterocycles. The number of carboxylic acids is 1. The van der Waals surface area contributed by atoms with Crippen molar-refractivity contribution in [3.63, 3.8) is 0 Å². The number of para-hydroxylation sites is 1. The Morgan fingerprint density at radius 2 is 1.88 bits per heavy atom. The number of anilines is 1. The van der Waals surface area contributed by atoms with Crippen LogP contribution in [0.3, 0.4) is 0 Å². The van der Waals surface area contributed by atoms with Crippen molar-refractivity contribution < 1.29 is 14.6 Å². The molecule has 2 N–H and O–H groups in total. The first-order valence-electron chi connectivity index (χ1n) is 7.10. The zero-order valence-electron chi connectivity index (χ0n) is 12.8. The molecule has 3 rings (SSSR count). The average molecular weight is 322 g/mol. The van der Waals surface area contributed by atoms with Crippen LogP contribution >= 0.6 is 0 Å². The maximum atomic E-state index is 11.5. The van der Waals surface area contributed by atoms with Crippen molar-refractivity contribution in [2.24, 2.45) is 5.10 Å². The Hall–Kier alpha value is -3.48. The first-order chi connectivity index (χ1) is 11.7. The number of aromatic nitrogens is 2. The Bertz CT molecular complexity index is 902. The molecule has 1 aromatic heterocycles. The van der Waals surface area contributed by atoms with Gasteiger partial charge in [0.2, 0.25) is 0 Å². The smallest absolute Gasteiger partial charge is 0.356 e. The standard InChI is InChI=1S/C17H14N4O3/c1-24-12-8-6-11(7-9-12)15(17(22)23)20-21-16-13-4-2-3-5-14(13)18-10-19-16/h2-10H,1H3,(H,22,23)(H,18,19,21)/b20-15-. The normalized spacial score (nSPS) is 11.3. The Labute approximate surface area is 137 Å². The number of nitrogens with one attached hydrogen (secondary N) is 1. The Morgan fingerprint density at radius 1 is 1.12 bits per heavy atom. The zero-order valence-corrected chi connectivity index (χ0v) is 12.8. The summed E-state index contributed by atoms with van der Waals surface area (Å²) in [6.45, 7) is 0. The van der Waals surface area contributed by atoms with E-state index in [1.807, 2.05) is 24.3 Å². The third-order valence-corrected chi connectivity index (χ3v) is 3.38. The first-order valence-corrected chi connectivity index (χ1v) is 7.10. The highest BCUT2D eigenvalue weighted by Crippen LogP contribution is 2.19. The van der Waals surface area contributed by atoms with Crippen molar-refractivity contribution in [2.75, 3.05) is 12.5 Å². The van der Waals surface area contributed by atoms with Crippen LogP contribution in [0.15, 0.2) is 60.0 Å². The molecule has 2 aromatic carbocycles. The van der Waals surface area contributed by atoms with Gasteiger partial charge < -0.3 is 9.84 Å². The molecule has 1 heterocycles. The molecule has 0 fully saturated rings. The SMILES string of the molecule is COc1ccc(/C(=N/Nc2ncnc3ccccc23)C(=O)O)cc1. The Kier molecular flexibility index (Phi) is 4.33. The molecule has 7 heteroatoms. The van der Waals surface area contributed by atoms with Crippen LogP contribution in [-0.2, 0) is 4.79 Å². The molecule has 0 atom stereocenters. The Morgan fingerprint density at radius 3 is 2.58 bits per heavy atom. The minimum atomic E-state index is -1.15. The molecule has 0 aliphatic heterocycles. The van der Waals surface area contributed by atoms with E-state index >= 15 is 0 Å². The van der Waals surface area contributed by atoms with Gasteiger partial charge in [-0.25, -0.2) is 14.8 Å². The molecule has 120 valence electrons. The van der Waals surface area contributed by atoms with Crippen LogP contribution < -0.4 is 10.2 Å². The highest BCUT2D eigenvalue weighted by atomic mass is 16.5. The van der Waals surface area contributed by atoms with Gasteiger partial charge in [0.05, 0.1) is 12.6 Å². The van der Waals surface area contributed by atoms with Gasteiger partial charge in [0.25, 0.3) is 0 Å². The van der Waals surface area contributed by atoms with Gasteiger partial charge in [-0.3, -0.25) is 5.43 Å². The number of carbonyl (C=O) groups is 1. The summed E-state index contributed by atoms with van der Waals surface area (Å²) in [5, 5.41) is 14.2. The van der Waals surface area contributed by atoms with E-state index in [9.17, 15) is 9.90 Å². The third-order valence-electron chi connectivity index (χ3n) is 3.38. The number of ether oxygens (including phenoxy) is 1. The Balaban J connectivity index is 1.95. The number of aliphatic carboxylic acids is 1. The topological polar surface area (TPSA) is 96.7 Å². The van der Waals surface area contributed by atoms with Gasteiger partial charge in [0, 0.05) is 10.9 Å². The first kappa shape index (κ1) is 15.4. The van der Waals surface area contributed by atoms with Crippen LogP contribution in [0, 0.1) is 0 Å². The number of rotatable bonds is 5. The minimum absolute atomic E-state index is 0.125. The summed E-state index contributed by atoms with van der Waals surface area (Å²) in [7, 11) is 1.54. The largest absolute Gasteiger partial charge is 0.497 e. The van der Waals surface area contributed by atoms with Crippen LogP contribution in [0.1, 0.15) is 5.56 Å². The van der Waals surface area contributed by atoms with Gasteiger partial charge >= 0.3 is 5.97 Å². The fraction of sp³-hybridized carbons (Fsp3) is 0.0588. The van der Waals surface area contributed by atoms with Crippen molar-refractivity contribution in [3.8, 4) is 5.75 Å².